The molecule has 2 rings (SSSR count). The van der Waals surface area contributed by atoms with E-state index in [1.54, 1.807) is 13.0 Å². The number of likely N-dealkylation sites (tertiary alicyclic amines) is 1. The fourth-order valence-corrected chi connectivity index (χ4v) is 2.59. The number of carbonyl (C=O) groups is 2. The number of nitrogens with one attached hydrogen (secondary N) is 1. The molecule has 0 saturated carbocycles. The molecular weight excluding hydrogens is 275 g/mol. The topological polar surface area (TPSA) is 69.6 Å². The van der Waals surface area contributed by atoms with E-state index < -0.39 is 23.4 Å². The summed E-state index contributed by atoms with van der Waals surface area (Å²) in [6, 6.07) is 3.82. The molecule has 1 unspecified atom stereocenters. The van der Waals surface area contributed by atoms with Crippen molar-refractivity contribution < 1.29 is 19.1 Å². The molecule has 0 radical (unpaired) electrons. The second-order valence-electron chi connectivity index (χ2n) is 5.60. The number of amides is 2. The van der Waals surface area contributed by atoms with Crippen molar-refractivity contribution in [1.82, 2.24) is 4.90 Å². The van der Waals surface area contributed by atoms with Gasteiger partial charge >= 0.3 is 12.0 Å². The van der Waals surface area contributed by atoms with Crippen LogP contribution in [0, 0.1) is 12.7 Å². The fraction of sp³-hybridized carbons (Fsp3) is 0.467. The zero-order chi connectivity index (χ0) is 15.6. The van der Waals surface area contributed by atoms with Gasteiger partial charge in [-0.05, 0) is 50.8 Å². The smallest absolute Gasteiger partial charge is 0.329 e. The van der Waals surface area contributed by atoms with Crippen LogP contribution < -0.4 is 5.32 Å². The molecule has 0 aromatic heterocycles. The van der Waals surface area contributed by atoms with Crippen LogP contribution in [0.5, 0.6) is 0 Å². The number of carbonyl (C=O) groups excluding carboxylic acids is 1. The zero-order valence-corrected chi connectivity index (χ0v) is 12.1. The van der Waals surface area contributed by atoms with E-state index in [0.29, 0.717) is 13.0 Å². The number of carboxylic acid groups (broad SMARTS) is 1. The lowest BCUT2D eigenvalue weighted by atomic mass is 9.89. The number of rotatable bonds is 2. The number of aryl methyl sites for hydroxylation is 1. The van der Waals surface area contributed by atoms with E-state index >= 15 is 0 Å². The molecule has 21 heavy (non-hydrogen) atoms. The first kappa shape index (κ1) is 15.3. The number of nitrogens with zero attached hydrogens (tertiary/aromatic N) is 1. The first-order chi connectivity index (χ1) is 9.84. The number of halogens is 1. The molecule has 6 heteroatoms. The maximum atomic E-state index is 13.7. The van der Waals surface area contributed by atoms with Crippen molar-refractivity contribution in [3.05, 3.63) is 29.6 Å². The van der Waals surface area contributed by atoms with E-state index in [1.165, 1.54) is 24.0 Å². The third-order valence-corrected chi connectivity index (χ3v) is 3.96. The Labute approximate surface area is 122 Å². The van der Waals surface area contributed by atoms with Crippen LogP contribution in [-0.2, 0) is 4.79 Å². The average Bonchev–Trinajstić information content (AvgIpc) is 2.43. The largest absolute Gasteiger partial charge is 0.480 e. The third kappa shape index (κ3) is 2.99. The Hall–Kier alpha value is -2.11. The number of anilines is 1. The molecule has 1 atom stereocenters. The number of urea groups is 1. The molecule has 0 spiro atoms. The molecular formula is C15H19FN2O3. The number of hydrogen-bond acceptors (Lipinski definition) is 2. The van der Waals surface area contributed by atoms with Gasteiger partial charge in [-0.1, -0.05) is 6.07 Å². The van der Waals surface area contributed by atoms with Crippen LogP contribution in [0.15, 0.2) is 18.2 Å². The van der Waals surface area contributed by atoms with Gasteiger partial charge in [-0.15, -0.1) is 0 Å². The predicted octanol–water partition coefficient (Wildman–Crippen LogP) is 3.00. The first-order valence-electron chi connectivity index (χ1n) is 6.93. The molecule has 0 aliphatic carbocycles. The van der Waals surface area contributed by atoms with Gasteiger partial charge in [0.05, 0.1) is 5.69 Å². The summed E-state index contributed by atoms with van der Waals surface area (Å²) >= 11 is 0. The minimum atomic E-state index is -1.25. The molecule has 1 aromatic rings. The molecule has 1 aliphatic rings. The number of aliphatic carboxylic acids is 1. The lowest BCUT2D eigenvalue weighted by Crippen LogP contribution is -2.58. The van der Waals surface area contributed by atoms with Gasteiger partial charge in [0.2, 0.25) is 0 Å². The highest BCUT2D eigenvalue weighted by Crippen LogP contribution is 2.29. The van der Waals surface area contributed by atoms with E-state index in [-0.39, 0.29) is 5.69 Å². The quantitative estimate of drug-likeness (QED) is 0.881. The number of carboxylic acids is 1. The van der Waals surface area contributed by atoms with Crippen LogP contribution in [0.4, 0.5) is 14.9 Å². The first-order valence-corrected chi connectivity index (χ1v) is 6.93. The van der Waals surface area contributed by atoms with E-state index in [4.69, 9.17) is 0 Å². The highest BCUT2D eigenvalue weighted by Gasteiger charge is 2.44. The van der Waals surface area contributed by atoms with Gasteiger partial charge in [0.1, 0.15) is 11.4 Å². The van der Waals surface area contributed by atoms with E-state index in [9.17, 15) is 19.1 Å². The maximum Gasteiger partial charge on any atom is 0.329 e. The molecule has 0 bridgehead atoms. The minimum absolute atomic E-state index is 0.0679. The second-order valence-corrected chi connectivity index (χ2v) is 5.60. The molecule has 1 saturated heterocycles. The summed E-state index contributed by atoms with van der Waals surface area (Å²) in [5, 5.41) is 11.9. The molecule has 1 aliphatic heterocycles. The summed E-state index contributed by atoms with van der Waals surface area (Å²) in [4.78, 5) is 25.1. The standard InChI is InChI=1S/C15H19FN2O3/c1-10-5-6-11(16)12(9-10)17-14(21)18-8-4-3-7-15(18,2)13(19)20/h5-6,9H,3-4,7-8H2,1-2H3,(H,17,21)(H,19,20). The van der Waals surface area contributed by atoms with E-state index in [1.807, 2.05) is 0 Å². The number of benzene rings is 1. The minimum Gasteiger partial charge on any atom is -0.480 e. The summed E-state index contributed by atoms with van der Waals surface area (Å²) in [5.41, 5.74) is -0.368. The fourth-order valence-electron chi connectivity index (χ4n) is 2.59. The van der Waals surface area contributed by atoms with Crippen molar-refractivity contribution in [2.45, 2.75) is 38.6 Å². The molecule has 1 heterocycles. The maximum absolute atomic E-state index is 13.7. The third-order valence-electron chi connectivity index (χ3n) is 3.96. The van der Waals surface area contributed by atoms with Crippen molar-refractivity contribution in [2.75, 3.05) is 11.9 Å². The Morgan fingerprint density at radius 2 is 2.10 bits per heavy atom. The van der Waals surface area contributed by atoms with E-state index in [2.05, 4.69) is 5.32 Å². The van der Waals surface area contributed by atoms with Gasteiger partial charge in [-0.25, -0.2) is 14.0 Å². The molecule has 2 N–H and O–H groups in total. The summed E-state index contributed by atoms with van der Waals surface area (Å²) in [6.07, 6.45) is 1.89. The van der Waals surface area contributed by atoms with Crippen molar-refractivity contribution >= 4 is 17.7 Å². The second kappa shape index (κ2) is 5.71. The van der Waals surface area contributed by atoms with Crippen LogP contribution in [0.25, 0.3) is 0 Å². The average molecular weight is 294 g/mol. The number of hydrogen-bond donors (Lipinski definition) is 2. The highest BCUT2D eigenvalue weighted by atomic mass is 19.1. The Balaban J connectivity index is 2.22. The van der Waals surface area contributed by atoms with Crippen molar-refractivity contribution in [2.24, 2.45) is 0 Å². The van der Waals surface area contributed by atoms with Crippen molar-refractivity contribution in [3.63, 3.8) is 0 Å². The Kier molecular flexibility index (Phi) is 4.16. The van der Waals surface area contributed by atoms with Gasteiger partial charge in [0.15, 0.2) is 0 Å². The summed E-state index contributed by atoms with van der Waals surface area (Å²) in [7, 11) is 0. The molecule has 114 valence electrons. The lowest BCUT2D eigenvalue weighted by Gasteiger charge is -2.41. The van der Waals surface area contributed by atoms with Crippen LogP contribution in [0.1, 0.15) is 31.7 Å². The van der Waals surface area contributed by atoms with E-state index in [0.717, 1.165) is 18.4 Å². The predicted molar refractivity (Wildman–Crippen MR) is 76.8 cm³/mol. The molecule has 1 fully saturated rings. The van der Waals surface area contributed by atoms with Crippen molar-refractivity contribution in [1.29, 1.82) is 0 Å². The van der Waals surface area contributed by atoms with Crippen LogP contribution >= 0.6 is 0 Å². The zero-order valence-electron chi connectivity index (χ0n) is 12.1. The van der Waals surface area contributed by atoms with Crippen molar-refractivity contribution in [3.8, 4) is 0 Å². The Morgan fingerprint density at radius 1 is 1.38 bits per heavy atom. The summed E-state index contributed by atoms with van der Waals surface area (Å²) < 4.78 is 13.7. The van der Waals surface area contributed by atoms with Crippen LogP contribution in [-0.4, -0.2) is 34.1 Å². The lowest BCUT2D eigenvalue weighted by molar-refractivity contribution is -0.150. The monoisotopic (exact) mass is 294 g/mol. The van der Waals surface area contributed by atoms with Gasteiger partial charge in [0.25, 0.3) is 0 Å². The van der Waals surface area contributed by atoms with Gasteiger partial charge < -0.3 is 15.3 Å². The molecule has 1 aromatic carbocycles. The number of piperidine rings is 1. The van der Waals surface area contributed by atoms with Gasteiger partial charge in [-0.2, -0.15) is 0 Å². The highest BCUT2D eigenvalue weighted by molar-refractivity contribution is 5.94. The van der Waals surface area contributed by atoms with Gasteiger partial charge in [-0.3, -0.25) is 0 Å². The summed E-state index contributed by atoms with van der Waals surface area (Å²) in [5.74, 6) is -1.58. The molecule has 5 nitrogen and oxygen atoms in total. The Morgan fingerprint density at radius 3 is 2.76 bits per heavy atom. The van der Waals surface area contributed by atoms with Crippen LogP contribution in [0.2, 0.25) is 0 Å². The normalized spacial score (nSPS) is 22.0. The van der Waals surface area contributed by atoms with Crippen LogP contribution in [0.3, 0.4) is 0 Å². The molecule has 2 amide bonds. The summed E-state index contributed by atoms with van der Waals surface area (Å²) in [6.45, 7) is 3.67. The van der Waals surface area contributed by atoms with Gasteiger partial charge in [0, 0.05) is 6.54 Å². The SMILES string of the molecule is Cc1ccc(F)c(NC(=O)N2CCCCC2(C)C(=O)O)c1. The Bertz CT molecular complexity index is 576.